The molecule has 3 aliphatic rings. The second-order valence-corrected chi connectivity index (χ2v) is 11.8. The first-order valence-corrected chi connectivity index (χ1v) is 13.5. The van der Waals surface area contributed by atoms with Crippen LogP contribution in [0.3, 0.4) is 0 Å². The Labute approximate surface area is 206 Å². The van der Waals surface area contributed by atoms with E-state index >= 15 is 0 Å². The van der Waals surface area contributed by atoms with Crippen molar-refractivity contribution >= 4 is 12.2 Å². The summed E-state index contributed by atoms with van der Waals surface area (Å²) in [4.78, 5) is 29.5. The molecular weight excluding hydrogens is 432 g/mol. The standard InChI is InChI=1S/C26H48N4O4/c1-25(2)18-22(28-24(32)34-17-15-30-12-8-5-9-13-30)19-26(3,20-25)21-27-23(31)33-16-14-29-10-6-4-7-11-29/h22H,4-21H2,1-3H3,(H,27,31)(H,28,32). The first-order valence-electron chi connectivity index (χ1n) is 13.5. The molecule has 1 saturated carbocycles. The Bertz CT molecular complexity index is 647. The molecule has 0 aromatic rings. The molecule has 2 atom stereocenters. The first-order chi connectivity index (χ1) is 16.2. The number of alkyl carbamates (subject to hydrolysis) is 2. The van der Waals surface area contributed by atoms with Crippen molar-refractivity contribution in [1.29, 1.82) is 0 Å². The van der Waals surface area contributed by atoms with Crippen LogP contribution in [0.4, 0.5) is 9.59 Å². The van der Waals surface area contributed by atoms with Gasteiger partial charge in [-0.05, 0) is 82.0 Å². The van der Waals surface area contributed by atoms with Crippen LogP contribution in [0.25, 0.3) is 0 Å². The lowest BCUT2D eigenvalue weighted by Gasteiger charge is -2.46. The van der Waals surface area contributed by atoms with Crippen LogP contribution in [0.5, 0.6) is 0 Å². The minimum absolute atomic E-state index is 0.0353. The van der Waals surface area contributed by atoms with E-state index in [2.05, 4.69) is 41.2 Å². The van der Waals surface area contributed by atoms with Gasteiger partial charge in [-0.15, -0.1) is 0 Å². The number of likely N-dealkylation sites (tertiary alicyclic amines) is 2. The fourth-order valence-corrected chi connectivity index (χ4v) is 6.32. The van der Waals surface area contributed by atoms with Gasteiger partial charge >= 0.3 is 12.2 Å². The summed E-state index contributed by atoms with van der Waals surface area (Å²) in [5.41, 5.74) is -0.0437. The lowest BCUT2D eigenvalue weighted by Crippen LogP contribution is -2.50. The number of ether oxygens (including phenoxy) is 2. The predicted octanol–water partition coefficient (Wildman–Crippen LogP) is 4.00. The molecule has 1 aliphatic carbocycles. The van der Waals surface area contributed by atoms with Crippen LogP contribution >= 0.6 is 0 Å². The molecule has 8 heteroatoms. The number of hydrogen-bond acceptors (Lipinski definition) is 6. The number of nitrogens with one attached hydrogen (secondary N) is 2. The van der Waals surface area contributed by atoms with Gasteiger partial charge in [0.05, 0.1) is 0 Å². The summed E-state index contributed by atoms with van der Waals surface area (Å²) in [5.74, 6) is 0. The zero-order chi connectivity index (χ0) is 24.4. The van der Waals surface area contributed by atoms with Crippen LogP contribution in [0, 0.1) is 10.8 Å². The maximum absolute atomic E-state index is 12.4. The highest BCUT2D eigenvalue weighted by Crippen LogP contribution is 2.45. The molecule has 0 radical (unpaired) electrons. The summed E-state index contributed by atoms with van der Waals surface area (Å²) in [5, 5.41) is 6.08. The molecule has 0 aromatic heterocycles. The van der Waals surface area contributed by atoms with Crippen LogP contribution in [0.15, 0.2) is 0 Å². The molecule has 2 aliphatic heterocycles. The van der Waals surface area contributed by atoms with E-state index < -0.39 is 0 Å². The van der Waals surface area contributed by atoms with E-state index in [0.717, 1.165) is 58.5 Å². The molecule has 2 amide bonds. The zero-order valence-corrected chi connectivity index (χ0v) is 21.8. The van der Waals surface area contributed by atoms with Gasteiger partial charge in [-0.3, -0.25) is 9.80 Å². The molecular formula is C26H48N4O4. The van der Waals surface area contributed by atoms with Gasteiger partial charge in [0.2, 0.25) is 0 Å². The molecule has 0 aromatic carbocycles. The summed E-state index contributed by atoms with van der Waals surface area (Å²) in [6.07, 6.45) is 9.59. The van der Waals surface area contributed by atoms with E-state index in [1.54, 1.807) is 0 Å². The number of nitrogens with zero attached hydrogens (tertiary/aromatic N) is 2. The van der Waals surface area contributed by atoms with Crippen LogP contribution in [-0.2, 0) is 9.47 Å². The molecule has 8 nitrogen and oxygen atoms in total. The topological polar surface area (TPSA) is 83.1 Å². The molecule has 2 saturated heterocycles. The second-order valence-electron chi connectivity index (χ2n) is 11.8. The third kappa shape index (κ3) is 9.61. The van der Waals surface area contributed by atoms with Gasteiger partial charge in [0, 0.05) is 25.7 Å². The van der Waals surface area contributed by atoms with Crippen molar-refractivity contribution in [2.24, 2.45) is 10.8 Å². The summed E-state index contributed by atoms with van der Waals surface area (Å²) in [7, 11) is 0. The molecule has 34 heavy (non-hydrogen) atoms. The highest BCUT2D eigenvalue weighted by Gasteiger charge is 2.42. The lowest BCUT2D eigenvalue weighted by atomic mass is 9.62. The van der Waals surface area contributed by atoms with Gasteiger partial charge in [-0.1, -0.05) is 33.6 Å². The monoisotopic (exact) mass is 480 g/mol. The van der Waals surface area contributed by atoms with Crippen molar-refractivity contribution in [2.45, 2.75) is 84.6 Å². The van der Waals surface area contributed by atoms with Gasteiger partial charge in [0.25, 0.3) is 0 Å². The molecule has 3 rings (SSSR count). The fourth-order valence-electron chi connectivity index (χ4n) is 6.32. The summed E-state index contributed by atoms with van der Waals surface area (Å²) < 4.78 is 10.9. The Kier molecular flexibility index (Phi) is 10.3. The molecule has 2 unspecified atom stereocenters. The molecule has 2 heterocycles. The Morgan fingerprint density at radius 2 is 1.32 bits per heavy atom. The van der Waals surface area contributed by atoms with Crippen LogP contribution in [0.2, 0.25) is 0 Å². The third-order valence-electron chi connectivity index (χ3n) is 7.60. The number of piperidine rings is 2. The predicted molar refractivity (Wildman–Crippen MR) is 134 cm³/mol. The fraction of sp³-hybridized carbons (Fsp3) is 0.923. The maximum atomic E-state index is 12.4. The summed E-state index contributed by atoms with van der Waals surface area (Å²) in [6, 6.07) is 0.0353. The number of carbonyl (C=O) groups is 2. The summed E-state index contributed by atoms with van der Waals surface area (Å²) >= 11 is 0. The summed E-state index contributed by atoms with van der Waals surface area (Å²) in [6.45, 7) is 14.1. The van der Waals surface area contributed by atoms with Crippen molar-refractivity contribution in [1.82, 2.24) is 20.4 Å². The van der Waals surface area contributed by atoms with E-state index in [4.69, 9.17) is 9.47 Å². The van der Waals surface area contributed by atoms with E-state index in [9.17, 15) is 9.59 Å². The van der Waals surface area contributed by atoms with E-state index in [-0.39, 0.29) is 29.1 Å². The highest BCUT2D eigenvalue weighted by atomic mass is 16.6. The van der Waals surface area contributed by atoms with Gasteiger partial charge < -0.3 is 20.1 Å². The number of hydrogen-bond donors (Lipinski definition) is 2. The van der Waals surface area contributed by atoms with Gasteiger partial charge in [-0.2, -0.15) is 0 Å². The Morgan fingerprint density at radius 3 is 1.88 bits per heavy atom. The second kappa shape index (κ2) is 13.0. The average molecular weight is 481 g/mol. The zero-order valence-electron chi connectivity index (χ0n) is 21.8. The Morgan fingerprint density at radius 1 is 0.794 bits per heavy atom. The largest absolute Gasteiger partial charge is 0.448 e. The van der Waals surface area contributed by atoms with Crippen molar-refractivity contribution in [3.8, 4) is 0 Å². The van der Waals surface area contributed by atoms with E-state index in [1.807, 2.05) is 0 Å². The number of carbonyl (C=O) groups excluding carboxylic acids is 2. The van der Waals surface area contributed by atoms with Crippen molar-refractivity contribution in [3.05, 3.63) is 0 Å². The molecule has 196 valence electrons. The number of rotatable bonds is 9. The quantitative estimate of drug-likeness (QED) is 0.519. The van der Waals surface area contributed by atoms with Gasteiger partial charge in [0.1, 0.15) is 13.2 Å². The van der Waals surface area contributed by atoms with Crippen molar-refractivity contribution in [3.63, 3.8) is 0 Å². The SMILES string of the molecule is CC1(C)CC(NC(=O)OCCN2CCCCC2)CC(C)(CNC(=O)OCCN2CCCCC2)C1. The third-order valence-corrected chi connectivity index (χ3v) is 7.60. The van der Waals surface area contributed by atoms with Crippen molar-refractivity contribution in [2.75, 3.05) is 59.0 Å². The average Bonchev–Trinajstić information content (AvgIpc) is 2.78. The minimum Gasteiger partial charge on any atom is -0.448 e. The van der Waals surface area contributed by atoms with Crippen molar-refractivity contribution < 1.29 is 19.1 Å². The van der Waals surface area contributed by atoms with Crippen LogP contribution in [-0.4, -0.2) is 87.1 Å². The smallest absolute Gasteiger partial charge is 0.407 e. The highest BCUT2D eigenvalue weighted by molar-refractivity contribution is 5.68. The normalized spacial score (nSPS) is 28.1. The van der Waals surface area contributed by atoms with E-state index in [0.29, 0.717) is 19.8 Å². The molecule has 2 N–H and O–H groups in total. The lowest BCUT2D eigenvalue weighted by molar-refractivity contribution is 0.0596. The Hall–Kier alpha value is -1.54. The molecule has 0 bridgehead atoms. The van der Waals surface area contributed by atoms with Gasteiger partial charge in [0.15, 0.2) is 0 Å². The van der Waals surface area contributed by atoms with E-state index in [1.165, 1.54) is 38.5 Å². The first kappa shape index (κ1) is 27.1. The number of amides is 2. The maximum Gasteiger partial charge on any atom is 0.407 e. The van der Waals surface area contributed by atoms with Crippen LogP contribution < -0.4 is 10.6 Å². The van der Waals surface area contributed by atoms with Crippen LogP contribution in [0.1, 0.15) is 78.6 Å². The Balaban J connectivity index is 1.37. The molecule has 3 fully saturated rings. The minimum atomic E-state index is -0.344. The van der Waals surface area contributed by atoms with Gasteiger partial charge in [-0.25, -0.2) is 9.59 Å². The molecule has 0 spiro atoms.